The van der Waals surface area contributed by atoms with E-state index in [0.29, 0.717) is 17.6 Å². The van der Waals surface area contributed by atoms with Crippen molar-refractivity contribution in [1.29, 1.82) is 0 Å². The fourth-order valence-electron chi connectivity index (χ4n) is 4.33. The maximum Gasteiger partial charge on any atom is 0.166 e. The third-order valence-corrected chi connectivity index (χ3v) is 6.29. The molecule has 0 spiro atoms. The Morgan fingerprint density at radius 1 is 0.833 bits per heavy atom. The van der Waals surface area contributed by atoms with Crippen LogP contribution in [0.15, 0.2) is 0 Å². The molecule has 0 amide bonds. The first-order valence-corrected chi connectivity index (χ1v) is 9.80. The summed E-state index contributed by atoms with van der Waals surface area (Å²) in [5.41, 5.74) is 0. The Balaban J connectivity index is 1.78. The van der Waals surface area contributed by atoms with E-state index in [4.69, 9.17) is 10.2 Å². The molecule has 0 aromatic carbocycles. The molecule has 5 nitrogen and oxygen atoms in total. The summed E-state index contributed by atoms with van der Waals surface area (Å²) in [6.45, 7) is 8.58. The number of ketones is 1. The summed E-state index contributed by atoms with van der Waals surface area (Å²) in [6, 6.07) is -0.0181. The number of carbonyl (C=O) groups excluding carboxylic acids is 1. The lowest BCUT2D eigenvalue weighted by Crippen LogP contribution is -2.52. The molecule has 0 aliphatic carbocycles. The lowest BCUT2D eigenvalue weighted by Gasteiger charge is -2.39. The molecule has 24 heavy (non-hydrogen) atoms. The number of hydrogen-bond donors (Lipinski definition) is 2. The summed E-state index contributed by atoms with van der Waals surface area (Å²) in [6.07, 6.45) is 6.18. The topological polar surface area (TPSA) is 64.0 Å². The molecule has 2 saturated heterocycles. The fraction of sp³-hybridized carbons (Fsp3) is 0.947. The normalized spacial score (nSPS) is 24.8. The molecule has 0 aromatic heterocycles. The van der Waals surface area contributed by atoms with E-state index < -0.39 is 0 Å². The first-order valence-electron chi connectivity index (χ1n) is 9.80. The zero-order valence-electron chi connectivity index (χ0n) is 15.5. The minimum absolute atomic E-state index is 0.00904. The van der Waals surface area contributed by atoms with Gasteiger partial charge in [-0.15, -0.1) is 0 Å². The Labute approximate surface area is 147 Å². The Morgan fingerprint density at radius 3 is 1.46 bits per heavy atom. The van der Waals surface area contributed by atoms with Gasteiger partial charge in [0.2, 0.25) is 0 Å². The number of likely N-dealkylation sites (tertiary alicyclic amines) is 2. The first-order chi connectivity index (χ1) is 11.6. The predicted octanol–water partition coefficient (Wildman–Crippen LogP) is 1.52. The summed E-state index contributed by atoms with van der Waals surface area (Å²) in [7, 11) is 0. The van der Waals surface area contributed by atoms with Gasteiger partial charge in [0.05, 0.1) is 12.1 Å². The predicted molar refractivity (Wildman–Crippen MR) is 95.9 cm³/mol. The van der Waals surface area contributed by atoms with Crippen molar-refractivity contribution >= 4 is 5.78 Å². The van der Waals surface area contributed by atoms with Crippen molar-refractivity contribution in [2.75, 3.05) is 39.4 Å². The fourth-order valence-corrected chi connectivity index (χ4v) is 4.33. The number of aliphatic hydroxyl groups is 2. The Morgan fingerprint density at radius 2 is 1.17 bits per heavy atom. The average molecular weight is 341 g/mol. The number of rotatable bonds is 8. The number of aliphatic hydroxyl groups excluding tert-OH is 2. The Bertz CT molecular complexity index is 341. The summed E-state index contributed by atoms with van der Waals surface area (Å²) in [4.78, 5) is 17.5. The van der Waals surface area contributed by atoms with Crippen LogP contribution in [0.3, 0.4) is 0 Å². The highest BCUT2D eigenvalue weighted by Crippen LogP contribution is 2.25. The molecule has 0 radical (unpaired) electrons. The van der Waals surface area contributed by atoms with Gasteiger partial charge in [-0.3, -0.25) is 14.6 Å². The maximum atomic E-state index is 12.9. The Kier molecular flexibility index (Phi) is 8.14. The molecule has 0 saturated carbocycles. The van der Waals surface area contributed by atoms with Crippen LogP contribution in [-0.4, -0.2) is 77.3 Å². The van der Waals surface area contributed by atoms with E-state index >= 15 is 0 Å². The highest BCUT2D eigenvalue weighted by Gasteiger charge is 2.32. The molecule has 2 N–H and O–H groups in total. The van der Waals surface area contributed by atoms with E-state index in [-0.39, 0.29) is 25.3 Å². The van der Waals surface area contributed by atoms with E-state index in [1.807, 2.05) is 0 Å². The van der Waals surface area contributed by atoms with Gasteiger partial charge in [-0.1, -0.05) is 0 Å². The molecular formula is C19H36N2O3. The van der Waals surface area contributed by atoms with Crippen molar-refractivity contribution in [1.82, 2.24) is 9.80 Å². The smallest absolute Gasteiger partial charge is 0.166 e. The highest BCUT2D eigenvalue weighted by atomic mass is 16.3. The minimum atomic E-state index is -0.00904. The third kappa shape index (κ3) is 5.25. The van der Waals surface area contributed by atoms with Gasteiger partial charge in [0, 0.05) is 13.2 Å². The van der Waals surface area contributed by atoms with Gasteiger partial charge in [0.1, 0.15) is 0 Å². The summed E-state index contributed by atoms with van der Waals surface area (Å²) in [5.74, 6) is 1.59. The van der Waals surface area contributed by atoms with Gasteiger partial charge in [-0.2, -0.15) is 0 Å². The standard InChI is InChI=1S/C19H36N2O3/c1-15(20-9-3-17(4-10-20)7-13-22)19(24)16(2)21-11-5-18(6-12-21)8-14-23/h15-18,22-23H,3-14H2,1-2H3. The van der Waals surface area contributed by atoms with Gasteiger partial charge in [0.15, 0.2) is 5.78 Å². The van der Waals surface area contributed by atoms with Crippen molar-refractivity contribution in [3.05, 3.63) is 0 Å². The van der Waals surface area contributed by atoms with Gasteiger partial charge in [0.25, 0.3) is 0 Å². The van der Waals surface area contributed by atoms with E-state index in [1.165, 1.54) is 0 Å². The van der Waals surface area contributed by atoms with Crippen LogP contribution in [-0.2, 0) is 4.79 Å². The summed E-state index contributed by atoms with van der Waals surface area (Å²) in [5, 5.41) is 18.1. The second-order valence-corrected chi connectivity index (χ2v) is 7.74. The van der Waals surface area contributed by atoms with E-state index in [1.54, 1.807) is 0 Å². The molecule has 2 aliphatic rings. The van der Waals surface area contributed by atoms with Gasteiger partial charge in [-0.25, -0.2) is 0 Å². The van der Waals surface area contributed by atoms with Crippen LogP contribution in [0.4, 0.5) is 0 Å². The Hall–Kier alpha value is -0.490. The van der Waals surface area contributed by atoms with Crippen LogP contribution in [0.1, 0.15) is 52.4 Å². The van der Waals surface area contributed by atoms with Crippen LogP contribution in [0.5, 0.6) is 0 Å². The van der Waals surface area contributed by atoms with Crippen LogP contribution in [0.25, 0.3) is 0 Å². The zero-order valence-corrected chi connectivity index (χ0v) is 15.5. The molecule has 2 fully saturated rings. The highest BCUT2D eigenvalue weighted by molar-refractivity contribution is 5.88. The zero-order chi connectivity index (χ0) is 17.5. The number of Topliss-reactive ketones (excluding diaryl/α,β-unsaturated/α-hetero) is 1. The maximum absolute atomic E-state index is 12.9. The third-order valence-electron chi connectivity index (χ3n) is 6.29. The second kappa shape index (κ2) is 9.85. The number of piperidine rings is 2. The number of nitrogens with zero attached hydrogens (tertiary/aromatic N) is 2. The van der Waals surface area contributed by atoms with Crippen molar-refractivity contribution in [2.24, 2.45) is 11.8 Å². The lowest BCUT2D eigenvalue weighted by atomic mass is 9.90. The molecular weight excluding hydrogens is 304 g/mol. The molecule has 2 atom stereocenters. The number of carbonyl (C=O) groups is 1. The van der Waals surface area contributed by atoms with E-state index in [0.717, 1.165) is 64.7 Å². The van der Waals surface area contributed by atoms with Crippen molar-refractivity contribution in [3.63, 3.8) is 0 Å². The quantitative estimate of drug-likeness (QED) is 0.701. The second-order valence-electron chi connectivity index (χ2n) is 7.74. The van der Waals surface area contributed by atoms with E-state index in [2.05, 4.69) is 23.6 Å². The van der Waals surface area contributed by atoms with Gasteiger partial charge in [-0.05, 0) is 90.4 Å². The largest absolute Gasteiger partial charge is 0.396 e. The van der Waals surface area contributed by atoms with E-state index in [9.17, 15) is 4.79 Å². The van der Waals surface area contributed by atoms with Crippen LogP contribution < -0.4 is 0 Å². The SMILES string of the molecule is CC(C(=O)C(C)N1CCC(CCO)CC1)N1CCC(CCO)CC1. The average Bonchev–Trinajstić information content (AvgIpc) is 2.62. The molecule has 2 heterocycles. The van der Waals surface area contributed by atoms with Gasteiger partial charge < -0.3 is 10.2 Å². The molecule has 5 heteroatoms. The molecule has 0 bridgehead atoms. The van der Waals surface area contributed by atoms with Crippen molar-refractivity contribution < 1.29 is 15.0 Å². The molecule has 2 unspecified atom stereocenters. The van der Waals surface area contributed by atoms with Crippen LogP contribution >= 0.6 is 0 Å². The lowest BCUT2D eigenvalue weighted by molar-refractivity contribution is -0.129. The molecule has 2 rings (SSSR count). The summed E-state index contributed by atoms with van der Waals surface area (Å²) >= 11 is 0. The first kappa shape index (κ1) is 19.8. The van der Waals surface area contributed by atoms with Crippen molar-refractivity contribution in [3.8, 4) is 0 Å². The monoisotopic (exact) mass is 340 g/mol. The van der Waals surface area contributed by atoms with Crippen molar-refractivity contribution in [2.45, 2.75) is 64.5 Å². The molecule has 0 aromatic rings. The van der Waals surface area contributed by atoms with Crippen LogP contribution in [0, 0.1) is 11.8 Å². The number of hydrogen-bond acceptors (Lipinski definition) is 5. The van der Waals surface area contributed by atoms with Crippen LogP contribution in [0.2, 0.25) is 0 Å². The minimum Gasteiger partial charge on any atom is -0.396 e. The molecule has 2 aliphatic heterocycles. The van der Waals surface area contributed by atoms with Gasteiger partial charge >= 0.3 is 0 Å². The summed E-state index contributed by atoms with van der Waals surface area (Å²) < 4.78 is 0. The molecule has 140 valence electrons.